The Morgan fingerprint density at radius 2 is 1.79 bits per heavy atom. The molecule has 33 heavy (non-hydrogen) atoms. The molecule has 0 aromatic heterocycles. The minimum atomic E-state index is -4.49. The summed E-state index contributed by atoms with van der Waals surface area (Å²) >= 11 is 1.46. The van der Waals surface area contributed by atoms with Gasteiger partial charge in [-0.25, -0.2) is 5.01 Å². The summed E-state index contributed by atoms with van der Waals surface area (Å²) in [4.78, 5) is 27.7. The van der Waals surface area contributed by atoms with E-state index in [0.717, 1.165) is 23.4 Å². The molecule has 174 valence electrons. The van der Waals surface area contributed by atoms with Gasteiger partial charge >= 0.3 is 6.18 Å². The lowest BCUT2D eigenvalue weighted by Gasteiger charge is -2.24. The number of hydrogen-bond donors (Lipinski definition) is 0. The number of thioether (sulfide) groups is 1. The third-order valence-electron chi connectivity index (χ3n) is 5.71. The summed E-state index contributed by atoms with van der Waals surface area (Å²) in [5.41, 5.74) is 1.26. The molecule has 0 spiro atoms. The molecule has 2 aromatic rings. The summed E-state index contributed by atoms with van der Waals surface area (Å²) in [5, 5.41) is 5.94. The number of hydrazone groups is 1. The van der Waals surface area contributed by atoms with Crippen molar-refractivity contribution in [3.8, 4) is 0 Å². The normalized spacial score (nSPS) is 18.5. The third-order valence-corrected chi connectivity index (χ3v) is 6.95. The summed E-state index contributed by atoms with van der Waals surface area (Å²) in [6, 6.07) is 13.1. The van der Waals surface area contributed by atoms with Gasteiger partial charge in [-0.2, -0.15) is 18.3 Å². The predicted octanol–water partition coefficient (Wildman–Crippen LogP) is 5.34. The second kappa shape index (κ2) is 9.59. The molecule has 2 heterocycles. The highest BCUT2D eigenvalue weighted by atomic mass is 32.2. The van der Waals surface area contributed by atoms with Crippen molar-refractivity contribution in [2.75, 3.05) is 18.0 Å². The molecule has 0 fully saturated rings. The maximum atomic E-state index is 13.3. The molecule has 0 aliphatic carbocycles. The van der Waals surface area contributed by atoms with E-state index >= 15 is 0 Å². The Bertz CT molecular complexity index is 1070. The number of carbonyl (C=O) groups is 2. The second-order valence-corrected chi connectivity index (χ2v) is 9.60. The van der Waals surface area contributed by atoms with Gasteiger partial charge in [-0.3, -0.25) is 9.59 Å². The van der Waals surface area contributed by atoms with E-state index in [9.17, 15) is 22.8 Å². The van der Waals surface area contributed by atoms with Crippen LogP contribution in [-0.4, -0.2) is 40.9 Å². The molecule has 5 nitrogen and oxygen atoms in total. The van der Waals surface area contributed by atoms with Crippen molar-refractivity contribution in [2.24, 2.45) is 5.10 Å². The van der Waals surface area contributed by atoms with E-state index in [1.54, 1.807) is 0 Å². The molecule has 0 bridgehead atoms. The highest BCUT2D eigenvalue weighted by Gasteiger charge is 2.33. The summed E-state index contributed by atoms with van der Waals surface area (Å²) in [6.07, 6.45) is -3.33. The zero-order valence-electron chi connectivity index (χ0n) is 18.1. The first-order chi connectivity index (χ1) is 15.7. The number of fused-ring (bicyclic) bond motifs is 1. The number of hydrogen-bond acceptors (Lipinski definition) is 4. The molecule has 2 aromatic carbocycles. The highest BCUT2D eigenvalue weighted by Crippen LogP contribution is 2.41. The summed E-state index contributed by atoms with van der Waals surface area (Å²) in [5.74, 6) is -0.624. The smallest absolute Gasteiger partial charge is 0.311 e. The van der Waals surface area contributed by atoms with Gasteiger partial charge in [-0.15, -0.1) is 11.8 Å². The van der Waals surface area contributed by atoms with Crippen LogP contribution >= 0.6 is 11.8 Å². The van der Waals surface area contributed by atoms with Crippen LogP contribution in [-0.2, 0) is 15.8 Å². The second-order valence-electron chi connectivity index (χ2n) is 8.12. The number of amides is 2. The maximum Gasteiger partial charge on any atom is 0.416 e. The van der Waals surface area contributed by atoms with Gasteiger partial charge in [-0.1, -0.05) is 37.3 Å². The SMILES string of the molecule is CC1CCN(C(=O)CCC(=O)N2CCC(c3ccccc3)=N2)c2cc(C(F)(F)F)ccc2S1. The predicted molar refractivity (Wildman–Crippen MR) is 122 cm³/mol. The minimum Gasteiger partial charge on any atom is -0.311 e. The van der Waals surface area contributed by atoms with Gasteiger partial charge in [-0.05, 0) is 30.2 Å². The first kappa shape index (κ1) is 23.4. The van der Waals surface area contributed by atoms with Gasteiger partial charge in [0.25, 0.3) is 0 Å². The van der Waals surface area contributed by atoms with E-state index in [0.29, 0.717) is 30.8 Å². The summed E-state index contributed by atoms with van der Waals surface area (Å²) in [6.45, 7) is 2.75. The molecule has 1 atom stereocenters. The Labute approximate surface area is 194 Å². The molecule has 2 amide bonds. The van der Waals surface area contributed by atoms with Crippen LogP contribution in [0.5, 0.6) is 0 Å². The van der Waals surface area contributed by atoms with Crippen LogP contribution in [0.1, 0.15) is 43.7 Å². The molecule has 0 N–H and O–H groups in total. The van der Waals surface area contributed by atoms with Crippen molar-refractivity contribution < 1.29 is 22.8 Å². The van der Waals surface area contributed by atoms with Gasteiger partial charge in [0.2, 0.25) is 11.8 Å². The molecule has 9 heteroatoms. The van der Waals surface area contributed by atoms with Crippen LogP contribution in [0.3, 0.4) is 0 Å². The van der Waals surface area contributed by atoms with E-state index in [1.807, 2.05) is 37.3 Å². The zero-order chi connectivity index (χ0) is 23.6. The average Bonchev–Trinajstić information content (AvgIpc) is 3.22. The van der Waals surface area contributed by atoms with E-state index in [4.69, 9.17) is 0 Å². The average molecular weight is 476 g/mol. The van der Waals surface area contributed by atoms with Crippen LogP contribution < -0.4 is 4.90 Å². The summed E-state index contributed by atoms with van der Waals surface area (Å²) < 4.78 is 39.8. The lowest BCUT2D eigenvalue weighted by molar-refractivity contribution is -0.137. The lowest BCUT2D eigenvalue weighted by Crippen LogP contribution is -2.33. The van der Waals surface area contributed by atoms with Gasteiger partial charge in [0, 0.05) is 36.0 Å². The van der Waals surface area contributed by atoms with Gasteiger partial charge < -0.3 is 4.90 Å². The number of nitrogens with zero attached hydrogens (tertiary/aromatic N) is 3. The standard InChI is InChI=1S/C24H24F3N3O2S/c1-16-11-13-29(20-15-18(24(25,26)27)7-8-21(20)33-16)22(31)9-10-23(32)30-14-12-19(28-30)17-5-3-2-4-6-17/h2-8,15-16H,9-14H2,1H3. The number of rotatable bonds is 4. The number of halogens is 3. The van der Waals surface area contributed by atoms with Gasteiger partial charge in [0.05, 0.1) is 23.5 Å². The fraction of sp³-hybridized carbons (Fsp3) is 0.375. The fourth-order valence-corrected chi connectivity index (χ4v) is 5.01. The molecule has 0 radical (unpaired) electrons. The number of carbonyl (C=O) groups excluding carboxylic acids is 2. The monoisotopic (exact) mass is 475 g/mol. The lowest BCUT2D eigenvalue weighted by atomic mass is 10.1. The van der Waals surface area contributed by atoms with Crippen molar-refractivity contribution in [1.29, 1.82) is 0 Å². The molecule has 1 unspecified atom stereocenters. The molecular weight excluding hydrogens is 451 g/mol. The van der Waals surface area contributed by atoms with Crippen LogP contribution in [0, 0.1) is 0 Å². The molecule has 4 rings (SSSR count). The first-order valence-corrected chi connectivity index (χ1v) is 11.7. The van der Waals surface area contributed by atoms with Crippen molar-refractivity contribution >= 4 is 35.0 Å². The van der Waals surface area contributed by atoms with E-state index in [-0.39, 0.29) is 35.6 Å². The Hall–Kier alpha value is -2.81. The van der Waals surface area contributed by atoms with Crippen molar-refractivity contribution in [3.05, 3.63) is 59.7 Å². The van der Waals surface area contributed by atoms with Crippen molar-refractivity contribution in [2.45, 2.75) is 48.9 Å². The highest BCUT2D eigenvalue weighted by molar-refractivity contribution is 8.00. The molecule has 0 saturated heterocycles. The summed E-state index contributed by atoms with van der Waals surface area (Å²) in [7, 11) is 0. The van der Waals surface area contributed by atoms with Crippen LogP contribution in [0.15, 0.2) is 58.5 Å². The third kappa shape index (κ3) is 5.40. The van der Waals surface area contributed by atoms with Crippen molar-refractivity contribution in [3.63, 3.8) is 0 Å². The maximum absolute atomic E-state index is 13.3. The minimum absolute atomic E-state index is 0.0438. The molecular formula is C24H24F3N3O2S. The van der Waals surface area contributed by atoms with E-state index in [1.165, 1.54) is 27.7 Å². The Kier molecular flexibility index (Phi) is 6.78. The quantitative estimate of drug-likeness (QED) is 0.600. The van der Waals surface area contributed by atoms with Gasteiger partial charge in [0.15, 0.2) is 0 Å². The Balaban J connectivity index is 1.45. The Morgan fingerprint density at radius 1 is 1.06 bits per heavy atom. The zero-order valence-corrected chi connectivity index (χ0v) is 19.0. The Morgan fingerprint density at radius 3 is 2.52 bits per heavy atom. The number of alkyl halides is 3. The number of benzene rings is 2. The van der Waals surface area contributed by atoms with E-state index < -0.39 is 11.7 Å². The van der Waals surface area contributed by atoms with Crippen LogP contribution in [0.2, 0.25) is 0 Å². The molecule has 2 aliphatic heterocycles. The topological polar surface area (TPSA) is 53.0 Å². The van der Waals surface area contributed by atoms with E-state index in [2.05, 4.69) is 5.10 Å². The molecule has 2 aliphatic rings. The fourth-order valence-electron chi connectivity index (χ4n) is 3.92. The molecule has 0 saturated carbocycles. The van der Waals surface area contributed by atoms with Crippen LogP contribution in [0.4, 0.5) is 18.9 Å². The number of anilines is 1. The van der Waals surface area contributed by atoms with Gasteiger partial charge in [0.1, 0.15) is 0 Å². The largest absolute Gasteiger partial charge is 0.416 e. The van der Waals surface area contributed by atoms with Crippen molar-refractivity contribution in [1.82, 2.24) is 5.01 Å². The first-order valence-electron chi connectivity index (χ1n) is 10.8. The van der Waals surface area contributed by atoms with Crippen LogP contribution in [0.25, 0.3) is 0 Å².